The molecular weight excluding hydrogens is 250 g/mol. The number of nitrogens with two attached hydrogens (primary N) is 1. The van der Waals surface area contributed by atoms with Gasteiger partial charge in [-0.05, 0) is 43.4 Å². The molecule has 2 fully saturated rings. The zero-order chi connectivity index (χ0) is 14.0. The third-order valence-electron chi connectivity index (χ3n) is 5.01. The topological polar surface area (TPSA) is 59.2 Å². The van der Waals surface area contributed by atoms with Crippen molar-refractivity contribution in [1.82, 2.24) is 9.88 Å². The van der Waals surface area contributed by atoms with E-state index in [0.29, 0.717) is 6.54 Å². The van der Waals surface area contributed by atoms with Crippen molar-refractivity contribution in [3.63, 3.8) is 0 Å². The monoisotopic (exact) mass is 273 g/mol. The maximum atomic E-state index is 13.0. The van der Waals surface area contributed by atoms with Crippen LogP contribution in [0.15, 0.2) is 24.5 Å². The summed E-state index contributed by atoms with van der Waals surface area (Å²) in [5.41, 5.74) is 6.89. The lowest BCUT2D eigenvalue weighted by Gasteiger charge is -2.34. The maximum absolute atomic E-state index is 13.0. The van der Waals surface area contributed by atoms with Gasteiger partial charge in [-0.3, -0.25) is 9.78 Å². The van der Waals surface area contributed by atoms with E-state index in [1.807, 2.05) is 24.5 Å². The van der Waals surface area contributed by atoms with Crippen LogP contribution in [0.3, 0.4) is 0 Å². The van der Waals surface area contributed by atoms with Gasteiger partial charge in [0, 0.05) is 25.5 Å². The number of hydrogen-bond acceptors (Lipinski definition) is 3. The highest BCUT2D eigenvalue weighted by Crippen LogP contribution is 2.42. The highest BCUT2D eigenvalue weighted by molar-refractivity contribution is 5.84. The maximum Gasteiger partial charge on any atom is 0.230 e. The molecule has 1 saturated heterocycles. The molecule has 4 heteroatoms. The smallest absolute Gasteiger partial charge is 0.230 e. The fourth-order valence-electron chi connectivity index (χ4n) is 3.80. The Bertz CT molecular complexity index is 468. The second kappa shape index (κ2) is 5.52. The fourth-order valence-corrected chi connectivity index (χ4v) is 3.80. The average molecular weight is 273 g/mol. The van der Waals surface area contributed by atoms with Crippen LogP contribution in [0.2, 0.25) is 0 Å². The van der Waals surface area contributed by atoms with Gasteiger partial charge in [-0.2, -0.15) is 0 Å². The Balaban J connectivity index is 1.83. The van der Waals surface area contributed by atoms with Crippen molar-refractivity contribution in [1.29, 1.82) is 0 Å². The van der Waals surface area contributed by atoms with Crippen molar-refractivity contribution in [3.8, 4) is 0 Å². The number of carbonyl (C=O) groups excluding carboxylic acids is 1. The molecule has 0 radical (unpaired) electrons. The third-order valence-corrected chi connectivity index (χ3v) is 5.01. The molecule has 1 amide bonds. The molecule has 4 nitrogen and oxygen atoms in total. The van der Waals surface area contributed by atoms with Crippen molar-refractivity contribution in [2.45, 2.75) is 44.6 Å². The SMILES string of the molecule is NCC1(C(=O)N2CCCC2c2ccncc2)CCCC1. The lowest BCUT2D eigenvalue weighted by molar-refractivity contribution is -0.142. The minimum absolute atomic E-state index is 0.217. The predicted octanol–water partition coefficient (Wildman–Crippen LogP) is 2.26. The number of pyridine rings is 1. The van der Waals surface area contributed by atoms with Gasteiger partial charge in [-0.25, -0.2) is 0 Å². The molecule has 20 heavy (non-hydrogen) atoms. The van der Waals surface area contributed by atoms with E-state index < -0.39 is 0 Å². The van der Waals surface area contributed by atoms with Crippen LogP contribution < -0.4 is 5.73 Å². The van der Waals surface area contributed by atoms with Gasteiger partial charge in [0.2, 0.25) is 5.91 Å². The minimum Gasteiger partial charge on any atom is -0.335 e. The van der Waals surface area contributed by atoms with E-state index in [1.165, 1.54) is 5.56 Å². The molecule has 0 aromatic carbocycles. The number of nitrogens with zero attached hydrogens (tertiary/aromatic N) is 2. The van der Waals surface area contributed by atoms with Crippen LogP contribution in [0, 0.1) is 5.41 Å². The summed E-state index contributed by atoms with van der Waals surface area (Å²) in [6.45, 7) is 1.36. The number of aromatic nitrogens is 1. The highest BCUT2D eigenvalue weighted by Gasteiger charge is 2.45. The summed E-state index contributed by atoms with van der Waals surface area (Å²) < 4.78 is 0. The van der Waals surface area contributed by atoms with Crippen LogP contribution in [0.4, 0.5) is 0 Å². The van der Waals surface area contributed by atoms with Crippen molar-refractivity contribution in [2.24, 2.45) is 11.1 Å². The number of carbonyl (C=O) groups is 1. The standard InChI is InChI=1S/C16H23N3O/c17-12-16(7-1-2-8-16)15(20)19-11-3-4-14(19)13-5-9-18-10-6-13/h5-6,9-10,14H,1-4,7-8,11-12,17H2. The first-order valence-corrected chi connectivity index (χ1v) is 7.68. The van der Waals surface area contributed by atoms with Gasteiger partial charge in [-0.15, -0.1) is 0 Å². The number of amides is 1. The summed E-state index contributed by atoms with van der Waals surface area (Å²) in [5.74, 6) is 0.289. The molecule has 2 N–H and O–H groups in total. The molecule has 1 aromatic heterocycles. The lowest BCUT2D eigenvalue weighted by atomic mass is 9.84. The normalized spacial score (nSPS) is 25.1. The van der Waals surface area contributed by atoms with Gasteiger partial charge in [0.15, 0.2) is 0 Å². The van der Waals surface area contributed by atoms with Gasteiger partial charge in [0.25, 0.3) is 0 Å². The third kappa shape index (κ3) is 2.22. The van der Waals surface area contributed by atoms with Gasteiger partial charge >= 0.3 is 0 Å². The summed E-state index contributed by atoms with van der Waals surface area (Å²) in [5, 5.41) is 0. The lowest BCUT2D eigenvalue weighted by Crippen LogP contribution is -2.46. The predicted molar refractivity (Wildman–Crippen MR) is 77.9 cm³/mol. The van der Waals surface area contributed by atoms with E-state index >= 15 is 0 Å². The second-order valence-corrected chi connectivity index (χ2v) is 6.13. The molecule has 3 rings (SSSR count). The first kappa shape index (κ1) is 13.6. The molecule has 0 spiro atoms. The molecule has 1 aliphatic heterocycles. The second-order valence-electron chi connectivity index (χ2n) is 6.13. The quantitative estimate of drug-likeness (QED) is 0.919. The Hall–Kier alpha value is -1.42. The van der Waals surface area contributed by atoms with Crippen LogP contribution in [-0.2, 0) is 4.79 Å². The van der Waals surface area contributed by atoms with Crippen LogP contribution in [0.1, 0.15) is 50.1 Å². The molecule has 2 aliphatic rings. The van der Waals surface area contributed by atoms with Crippen LogP contribution >= 0.6 is 0 Å². The number of hydrogen-bond donors (Lipinski definition) is 1. The first-order valence-electron chi connectivity index (χ1n) is 7.68. The number of likely N-dealkylation sites (tertiary alicyclic amines) is 1. The molecule has 1 atom stereocenters. The summed E-state index contributed by atoms with van der Waals surface area (Å²) in [6, 6.07) is 4.27. The Morgan fingerprint density at radius 2 is 2.00 bits per heavy atom. The van der Waals surface area contributed by atoms with E-state index in [1.54, 1.807) is 0 Å². The van der Waals surface area contributed by atoms with Crippen LogP contribution in [-0.4, -0.2) is 28.9 Å². The molecule has 1 aromatic rings. The number of rotatable bonds is 3. The van der Waals surface area contributed by atoms with Gasteiger partial charge in [-0.1, -0.05) is 12.8 Å². The molecule has 108 valence electrons. The van der Waals surface area contributed by atoms with Crippen LogP contribution in [0.25, 0.3) is 0 Å². The Kier molecular flexibility index (Phi) is 3.74. The highest BCUT2D eigenvalue weighted by atomic mass is 16.2. The molecule has 1 unspecified atom stereocenters. The van der Waals surface area contributed by atoms with Gasteiger partial charge in [0.1, 0.15) is 0 Å². The largest absolute Gasteiger partial charge is 0.335 e. The van der Waals surface area contributed by atoms with Crippen molar-refractivity contribution in [2.75, 3.05) is 13.1 Å². The average Bonchev–Trinajstić information content (AvgIpc) is 3.17. The van der Waals surface area contributed by atoms with Gasteiger partial charge in [0.05, 0.1) is 11.5 Å². The zero-order valence-corrected chi connectivity index (χ0v) is 11.9. The Morgan fingerprint density at radius 1 is 1.30 bits per heavy atom. The Labute approximate surface area is 120 Å². The van der Waals surface area contributed by atoms with Gasteiger partial charge < -0.3 is 10.6 Å². The van der Waals surface area contributed by atoms with E-state index in [9.17, 15) is 4.79 Å². The van der Waals surface area contributed by atoms with Crippen molar-refractivity contribution >= 4 is 5.91 Å². The summed E-state index contributed by atoms with van der Waals surface area (Å²) >= 11 is 0. The van der Waals surface area contributed by atoms with Crippen LogP contribution in [0.5, 0.6) is 0 Å². The van der Waals surface area contributed by atoms with Crippen molar-refractivity contribution in [3.05, 3.63) is 30.1 Å². The molecule has 1 saturated carbocycles. The molecule has 1 aliphatic carbocycles. The molecule has 2 heterocycles. The summed E-state index contributed by atoms with van der Waals surface area (Å²) in [6.07, 6.45) is 9.95. The fraction of sp³-hybridized carbons (Fsp3) is 0.625. The first-order chi connectivity index (χ1) is 9.77. The summed E-state index contributed by atoms with van der Waals surface area (Å²) in [7, 11) is 0. The van der Waals surface area contributed by atoms with Crippen molar-refractivity contribution < 1.29 is 4.79 Å². The Morgan fingerprint density at radius 3 is 2.65 bits per heavy atom. The minimum atomic E-state index is -0.282. The molecule has 0 bridgehead atoms. The van der Waals surface area contributed by atoms with E-state index in [2.05, 4.69) is 9.88 Å². The van der Waals surface area contributed by atoms with E-state index in [0.717, 1.165) is 45.1 Å². The van der Waals surface area contributed by atoms with E-state index in [4.69, 9.17) is 5.73 Å². The molecular formula is C16H23N3O. The zero-order valence-electron chi connectivity index (χ0n) is 11.9. The van der Waals surface area contributed by atoms with E-state index in [-0.39, 0.29) is 17.4 Å². The summed E-state index contributed by atoms with van der Waals surface area (Å²) in [4.78, 5) is 19.2.